The second-order valence-electron chi connectivity index (χ2n) is 6.20. The lowest BCUT2D eigenvalue weighted by atomic mass is 10.0. The molecule has 5 nitrogen and oxygen atoms in total. The maximum atomic E-state index is 5.73. The lowest BCUT2D eigenvalue weighted by Crippen LogP contribution is -2.14. The van der Waals surface area contributed by atoms with Crippen LogP contribution >= 0.6 is 0 Å². The number of ether oxygens (including phenoxy) is 1. The van der Waals surface area contributed by atoms with Crippen molar-refractivity contribution in [2.45, 2.75) is 46.7 Å². The highest BCUT2D eigenvalue weighted by Gasteiger charge is 2.67. The molecule has 0 unspecified atom stereocenters. The van der Waals surface area contributed by atoms with E-state index < -0.39 is 0 Å². The van der Waals surface area contributed by atoms with E-state index in [0.717, 1.165) is 18.2 Å². The first-order valence-electron chi connectivity index (χ1n) is 6.49. The van der Waals surface area contributed by atoms with Crippen molar-refractivity contribution < 1.29 is 4.74 Å². The minimum atomic E-state index is 0.261. The van der Waals surface area contributed by atoms with E-state index in [0.29, 0.717) is 19.1 Å². The molecule has 0 radical (unpaired) electrons. The van der Waals surface area contributed by atoms with Crippen molar-refractivity contribution in [1.82, 2.24) is 14.8 Å². The summed E-state index contributed by atoms with van der Waals surface area (Å²) in [5, 5.41) is 8.58. The van der Waals surface area contributed by atoms with Gasteiger partial charge in [-0.25, -0.2) is 0 Å². The van der Waals surface area contributed by atoms with Crippen molar-refractivity contribution in [3.05, 3.63) is 11.6 Å². The van der Waals surface area contributed by atoms with Gasteiger partial charge in [0.05, 0.1) is 13.2 Å². The van der Waals surface area contributed by atoms with Gasteiger partial charge in [0, 0.05) is 19.6 Å². The van der Waals surface area contributed by atoms with Gasteiger partial charge in [0.15, 0.2) is 0 Å². The molecule has 1 aromatic heterocycles. The van der Waals surface area contributed by atoms with Gasteiger partial charge in [-0.15, -0.1) is 10.2 Å². The molecular weight excluding hydrogens is 228 g/mol. The van der Waals surface area contributed by atoms with Crippen LogP contribution in [0.3, 0.4) is 0 Å². The molecule has 1 saturated carbocycles. The molecular formula is C13H24N4O. The first kappa shape index (κ1) is 13.5. The van der Waals surface area contributed by atoms with Crippen LogP contribution in [-0.2, 0) is 17.8 Å². The van der Waals surface area contributed by atoms with Crippen LogP contribution in [0.25, 0.3) is 0 Å². The summed E-state index contributed by atoms with van der Waals surface area (Å²) in [7, 11) is 1.71. The van der Waals surface area contributed by atoms with Gasteiger partial charge in [-0.05, 0) is 10.8 Å². The highest BCUT2D eigenvalue weighted by Crippen LogP contribution is 2.73. The van der Waals surface area contributed by atoms with Gasteiger partial charge in [0.2, 0.25) is 0 Å². The Morgan fingerprint density at radius 3 is 2.28 bits per heavy atom. The quantitative estimate of drug-likeness (QED) is 0.863. The van der Waals surface area contributed by atoms with E-state index in [1.807, 2.05) is 0 Å². The molecule has 0 bridgehead atoms. The standard InChI is InChI=1S/C13H24N4O/c1-12(2)10(13(12,3)4)11-16-15-9(8-14)17(11)6-7-18-5/h10H,6-8,14H2,1-5H3. The van der Waals surface area contributed by atoms with Crippen molar-refractivity contribution in [3.8, 4) is 0 Å². The molecule has 1 fully saturated rings. The summed E-state index contributed by atoms with van der Waals surface area (Å²) in [6.07, 6.45) is 0. The third-order valence-corrected chi connectivity index (χ3v) is 4.84. The van der Waals surface area contributed by atoms with E-state index >= 15 is 0 Å². The fourth-order valence-electron chi connectivity index (χ4n) is 2.98. The molecule has 0 spiro atoms. The maximum Gasteiger partial charge on any atom is 0.146 e. The number of aromatic nitrogens is 3. The molecule has 18 heavy (non-hydrogen) atoms. The Kier molecular flexibility index (Phi) is 3.23. The molecule has 1 heterocycles. The summed E-state index contributed by atoms with van der Waals surface area (Å²) in [6.45, 7) is 11.0. The van der Waals surface area contributed by atoms with Crippen LogP contribution in [0.1, 0.15) is 45.3 Å². The van der Waals surface area contributed by atoms with Gasteiger partial charge in [-0.2, -0.15) is 0 Å². The molecule has 1 aromatic rings. The zero-order chi connectivity index (χ0) is 13.6. The second kappa shape index (κ2) is 4.31. The van der Waals surface area contributed by atoms with Crippen LogP contribution in [0.5, 0.6) is 0 Å². The van der Waals surface area contributed by atoms with Crippen LogP contribution < -0.4 is 5.73 Å². The highest BCUT2D eigenvalue weighted by atomic mass is 16.5. The van der Waals surface area contributed by atoms with Crippen molar-refractivity contribution in [3.63, 3.8) is 0 Å². The number of rotatable bonds is 5. The highest BCUT2D eigenvalue weighted by molar-refractivity contribution is 5.27. The molecule has 5 heteroatoms. The molecule has 0 aliphatic heterocycles. The van der Waals surface area contributed by atoms with Gasteiger partial charge in [-0.3, -0.25) is 0 Å². The number of hydrogen-bond acceptors (Lipinski definition) is 4. The van der Waals surface area contributed by atoms with Gasteiger partial charge in [0.25, 0.3) is 0 Å². The molecule has 0 amide bonds. The van der Waals surface area contributed by atoms with Crippen LogP contribution in [0, 0.1) is 10.8 Å². The topological polar surface area (TPSA) is 66.0 Å². The Hall–Kier alpha value is -0.940. The lowest BCUT2D eigenvalue weighted by Gasteiger charge is -2.09. The van der Waals surface area contributed by atoms with Gasteiger partial charge in [0.1, 0.15) is 11.6 Å². The Balaban J connectivity index is 2.32. The number of nitrogens with zero attached hydrogens (tertiary/aromatic N) is 3. The van der Waals surface area contributed by atoms with Gasteiger partial charge in [-0.1, -0.05) is 27.7 Å². The van der Waals surface area contributed by atoms with E-state index in [2.05, 4.69) is 42.5 Å². The second-order valence-corrected chi connectivity index (χ2v) is 6.20. The number of hydrogen-bond donors (Lipinski definition) is 1. The normalized spacial score (nSPS) is 21.2. The average Bonchev–Trinajstić information content (AvgIpc) is 2.64. The van der Waals surface area contributed by atoms with E-state index in [9.17, 15) is 0 Å². The first-order chi connectivity index (χ1) is 8.37. The van der Waals surface area contributed by atoms with Crippen molar-refractivity contribution >= 4 is 0 Å². The Bertz CT molecular complexity index is 422. The smallest absolute Gasteiger partial charge is 0.146 e. The Labute approximate surface area is 109 Å². The molecule has 1 aliphatic carbocycles. The summed E-state index contributed by atoms with van der Waals surface area (Å²) in [5.41, 5.74) is 6.25. The Morgan fingerprint density at radius 1 is 1.22 bits per heavy atom. The predicted molar refractivity (Wildman–Crippen MR) is 70.1 cm³/mol. The van der Waals surface area contributed by atoms with E-state index in [4.69, 9.17) is 10.5 Å². The lowest BCUT2D eigenvalue weighted by molar-refractivity contribution is 0.185. The minimum absolute atomic E-state index is 0.261. The summed E-state index contributed by atoms with van der Waals surface area (Å²) < 4.78 is 7.29. The van der Waals surface area contributed by atoms with Crippen molar-refractivity contribution in [2.75, 3.05) is 13.7 Å². The van der Waals surface area contributed by atoms with Crippen molar-refractivity contribution in [1.29, 1.82) is 0 Å². The van der Waals surface area contributed by atoms with Gasteiger partial charge >= 0.3 is 0 Å². The molecule has 2 rings (SSSR count). The predicted octanol–water partition coefficient (Wildman–Crippen LogP) is 1.53. The monoisotopic (exact) mass is 252 g/mol. The van der Waals surface area contributed by atoms with Gasteiger partial charge < -0.3 is 15.0 Å². The zero-order valence-electron chi connectivity index (χ0n) is 12.0. The molecule has 0 atom stereocenters. The van der Waals surface area contributed by atoms with Crippen molar-refractivity contribution in [2.24, 2.45) is 16.6 Å². The summed E-state index contributed by atoms with van der Waals surface area (Å²) in [5.74, 6) is 2.35. The van der Waals surface area contributed by atoms with Crippen LogP contribution in [0.15, 0.2) is 0 Å². The average molecular weight is 252 g/mol. The molecule has 2 N–H and O–H groups in total. The van der Waals surface area contributed by atoms with Crippen LogP contribution in [0.2, 0.25) is 0 Å². The van der Waals surface area contributed by atoms with Crippen LogP contribution in [-0.4, -0.2) is 28.5 Å². The number of methoxy groups -OCH3 is 1. The van der Waals surface area contributed by atoms with E-state index in [-0.39, 0.29) is 10.8 Å². The first-order valence-corrected chi connectivity index (χ1v) is 6.49. The summed E-state index contributed by atoms with van der Waals surface area (Å²) in [6, 6.07) is 0. The fraction of sp³-hybridized carbons (Fsp3) is 0.846. The van der Waals surface area contributed by atoms with Crippen LogP contribution in [0.4, 0.5) is 0 Å². The Morgan fingerprint density at radius 2 is 1.83 bits per heavy atom. The number of nitrogens with two attached hydrogens (primary N) is 1. The van der Waals surface area contributed by atoms with E-state index in [1.54, 1.807) is 7.11 Å². The molecule has 1 aliphatic rings. The zero-order valence-corrected chi connectivity index (χ0v) is 12.0. The van der Waals surface area contributed by atoms with E-state index in [1.165, 1.54) is 0 Å². The minimum Gasteiger partial charge on any atom is -0.383 e. The molecule has 0 saturated heterocycles. The summed E-state index contributed by atoms with van der Waals surface area (Å²) in [4.78, 5) is 0. The molecule has 102 valence electrons. The SMILES string of the molecule is COCCn1c(CN)nnc1C1C(C)(C)C1(C)C. The largest absolute Gasteiger partial charge is 0.383 e. The fourth-order valence-corrected chi connectivity index (χ4v) is 2.98. The third-order valence-electron chi connectivity index (χ3n) is 4.84. The summed E-state index contributed by atoms with van der Waals surface area (Å²) >= 11 is 0. The maximum absolute atomic E-state index is 5.73. The molecule has 0 aromatic carbocycles. The third kappa shape index (κ3) is 1.77.